The lowest BCUT2D eigenvalue weighted by atomic mass is 9.89. The van der Waals surface area contributed by atoms with E-state index < -0.39 is 17.7 Å². The van der Waals surface area contributed by atoms with Crippen LogP contribution in [0.1, 0.15) is 30.9 Å². The van der Waals surface area contributed by atoms with Crippen molar-refractivity contribution in [3.05, 3.63) is 72.6 Å². The molecule has 4 saturated heterocycles. The van der Waals surface area contributed by atoms with Gasteiger partial charge in [-0.1, -0.05) is 12.6 Å². The van der Waals surface area contributed by atoms with Crippen molar-refractivity contribution in [2.45, 2.75) is 43.5 Å². The Morgan fingerprint density at radius 3 is 2.64 bits per heavy atom. The van der Waals surface area contributed by atoms with Crippen molar-refractivity contribution in [2.24, 2.45) is 0 Å². The average Bonchev–Trinajstić information content (AvgIpc) is 3.52. The van der Waals surface area contributed by atoms with Gasteiger partial charge in [0.05, 0.1) is 55.6 Å². The Balaban J connectivity index is 1.12. The van der Waals surface area contributed by atoms with E-state index >= 15 is 0 Å². The Bertz CT molecular complexity index is 1600. The molecule has 4 aliphatic heterocycles. The smallest absolute Gasteiger partial charge is 0.247 e. The number of ether oxygens (including phenoxy) is 2. The molecule has 11 nitrogen and oxygen atoms in total. The molecule has 0 saturated carbocycles. The second kappa shape index (κ2) is 12.2. The molecule has 0 bridgehead atoms. The summed E-state index contributed by atoms with van der Waals surface area (Å²) >= 11 is 0. The lowest BCUT2D eigenvalue weighted by molar-refractivity contribution is -0.228. The van der Waals surface area contributed by atoms with Gasteiger partial charge in [0.2, 0.25) is 5.91 Å². The Morgan fingerprint density at radius 2 is 1.96 bits per heavy atom. The number of carbonyl (C=O) groups is 1. The fraction of sp³-hybridized carbons (Fsp3) is 0.406. The summed E-state index contributed by atoms with van der Waals surface area (Å²) in [5.74, 6) is -0.225. The normalized spacial score (nSPS) is 23.1. The van der Waals surface area contributed by atoms with E-state index in [1.54, 1.807) is 13.2 Å². The van der Waals surface area contributed by atoms with Crippen LogP contribution in [0, 0.1) is 11.6 Å². The first-order valence-corrected chi connectivity index (χ1v) is 15.2. The van der Waals surface area contributed by atoms with Gasteiger partial charge in [0.25, 0.3) is 0 Å². The lowest BCUT2D eigenvalue weighted by Crippen LogP contribution is -2.73. The van der Waals surface area contributed by atoms with Crippen LogP contribution in [0.2, 0.25) is 0 Å². The number of benzene rings is 2. The first-order chi connectivity index (χ1) is 21.9. The standard InChI is InChI=1S/C32H35F2N7O4/c1-3-32(42)38-23-13-24(28(43-2)14-26(23)39-9-6-20(7-10-39)40-16-29-27(40)17-44-29)37-30-15-31(36-18-35-30)41-25(8-11-45-41)21-5-4-19(33)12-22(21)34/h3-5,12-15,18,20,25,27,29H,1,6-11,16-17H2,2H3,(H,38,42)(H,35,36,37)/t25-,27?,29?/m1/s1. The van der Waals surface area contributed by atoms with E-state index in [1.807, 2.05) is 12.1 Å². The highest BCUT2D eigenvalue weighted by Crippen LogP contribution is 2.42. The van der Waals surface area contributed by atoms with Gasteiger partial charge in [0.1, 0.15) is 29.5 Å². The van der Waals surface area contributed by atoms with Crippen LogP contribution in [0.3, 0.4) is 0 Å². The molecule has 0 spiro atoms. The van der Waals surface area contributed by atoms with Crippen molar-refractivity contribution in [1.82, 2.24) is 14.9 Å². The zero-order chi connectivity index (χ0) is 31.1. The molecular weight excluding hydrogens is 584 g/mol. The molecule has 2 N–H and O–H groups in total. The Hall–Kier alpha value is -4.33. The van der Waals surface area contributed by atoms with Gasteiger partial charge in [0, 0.05) is 55.9 Å². The van der Waals surface area contributed by atoms with Crippen LogP contribution >= 0.6 is 0 Å². The predicted octanol–water partition coefficient (Wildman–Crippen LogP) is 4.57. The fourth-order valence-electron chi connectivity index (χ4n) is 6.67. The van der Waals surface area contributed by atoms with E-state index in [1.165, 1.54) is 29.6 Å². The third-order valence-electron chi connectivity index (χ3n) is 9.13. The van der Waals surface area contributed by atoms with Crippen LogP contribution in [0.5, 0.6) is 5.75 Å². The van der Waals surface area contributed by atoms with Crippen LogP contribution in [-0.2, 0) is 14.4 Å². The third-order valence-corrected chi connectivity index (χ3v) is 9.13. The number of aromatic nitrogens is 2. The molecule has 1 aromatic heterocycles. The maximum absolute atomic E-state index is 14.6. The number of methoxy groups -OCH3 is 1. The minimum Gasteiger partial charge on any atom is -0.494 e. The summed E-state index contributed by atoms with van der Waals surface area (Å²) in [6.45, 7) is 7.49. The molecule has 2 aromatic carbocycles. The van der Waals surface area contributed by atoms with E-state index in [0.29, 0.717) is 65.5 Å². The first-order valence-electron chi connectivity index (χ1n) is 15.2. The summed E-state index contributed by atoms with van der Waals surface area (Å²) in [5.41, 5.74) is 2.36. The van der Waals surface area contributed by atoms with Crippen LogP contribution in [-0.4, -0.2) is 78.9 Å². The molecule has 0 radical (unpaired) electrons. The van der Waals surface area contributed by atoms with Crippen LogP contribution < -0.4 is 25.3 Å². The van der Waals surface area contributed by atoms with Crippen LogP contribution in [0.4, 0.5) is 37.5 Å². The van der Waals surface area contributed by atoms with Gasteiger partial charge >= 0.3 is 0 Å². The van der Waals surface area contributed by atoms with Gasteiger partial charge in [-0.15, -0.1) is 0 Å². The quantitative estimate of drug-likeness (QED) is 0.331. The average molecular weight is 620 g/mol. The largest absolute Gasteiger partial charge is 0.494 e. The third kappa shape index (κ3) is 5.67. The second-order valence-corrected chi connectivity index (χ2v) is 11.6. The van der Waals surface area contributed by atoms with E-state index in [-0.39, 0.29) is 5.91 Å². The number of fused-ring (bicyclic) bond motifs is 1. The molecule has 4 fully saturated rings. The first kappa shape index (κ1) is 29.4. The molecule has 13 heteroatoms. The summed E-state index contributed by atoms with van der Waals surface area (Å²) in [7, 11) is 1.59. The number of hydroxylamine groups is 1. The molecule has 1 amide bonds. The highest BCUT2D eigenvalue weighted by Gasteiger charge is 2.50. The highest BCUT2D eigenvalue weighted by atomic mass is 19.1. The molecule has 0 aliphatic carbocycles. The van der Waals surface area contributed by atoms with E-state index in [4.69, 9.17) is 14.3 Å². The van der Waals surface area contributed by atoms with Gasteiger partial charge < -0.3 is 25.0 Å². The molecule has 5 heterocycles. The van der Waals surface area contributed by atoms with Gasteiger partial charge in [-0.05, 0) is 31.1 Å². The van der Waals surface area contributed by atoms with E-state index in [9.17, 15) is 13.6 Å². The number of amides is 1. The SMILES string of the molecule is C=CC(=O)Nc1cc(Nc2cc(N3OCC[C@@H]3c3ccc(F)cc3F)ncn2)c(OC)cc1N1CCC(N2CC3OCC32)CC1. The summed E-state index contributed by atoms with van der Waals surface area (Å²) in [4.78, 5) is 31.9. The van der Waals surface area contributed by atoms with Crippen molar-refractivity contribution >= 4 is 34.6 Å². The summed E-state index contributed by atoms with van der Waals surface area (Å²) in [6.07, 6.45) is 5.57. The number of halogens is 2. The molecule has 236 valence electrons. The minimum absolute atomic E-state index is 0.317. The Morgan fingerprint density at radius 1 is 1.11 bits per heavy atom. The predicted molar refractivity (Wildman–Crippen MR) is 165 cm³/mol. The van der Waals surface area contributed by atoms with Gasteiger partial charge in [0.15, 0.2) is 5.82 Å². The molecule has 3 aromatic rings. The number of piperidine rings is 1. The van der Waals surface area contributed by atoms with Crippen molar-refractivity contribution in [3.63, 3.8) is 0 Å². The number of rotatable bonds is 9. The number of nitrogens with zero attached hydrogens (tertiary/aromatic N) is 5. The van der Waals surface area contributed by atoms with E-state index in [0.717, 1.165) is 50.8 Å². The molecule has 45 heavy (non-hydrogen) atoms. The molecule has 3 atom stereocenters. The summed E-state index contributed by atoms with van der Waals surface area (Å²) in [6, 6.07) is 9.55. The van der Waals surface area contributed by atoms with Gasteiger partial charge in [-0.3, -0.25) is 14.5 Å². The molecule has 2 unspecified atom stereocenters. The number of nitrogens with one attached hydrogen (secondary N) is 2. The molecular formula is C32H35F2N7O4. The number of hydrogen-bond donors (Lipinski definition) is 2. The van der Waals surface area contributed by atoms with Crippen molar-refractivity contribution in [2.75, 3.05) is 60.6 Å². The monoisotopic (exact) mass is 619 g/mol. The summed E-state index contributed by atoms with van der Waals surface area (Å²) < 4.78 is 39.6. The van der Waals surface area contributed by atoms with Gasteiger partial charge in [-0.2, -0.15) is 0 Å². The maximum atomic E-state index is 14.6. The number of anilines is 5. The Kier molecular flexibility index (Phi) is 7.98. The topological polar surface area (TPSA) is 104 Å². The highest BCUT2D eigenvalue weighted by molar-refractivity contribution is 6.02. The number of carbonyl (C=O) groups excluding carboxylic acids is 1. The maximum Gasteiger partial charge on any atom is 0.247 e. The second-order valence-electron chi connectivity index (χ2n) is 11.6. The van der Waals surface area contributed by atoms with Crippen LogP contribution in [0.25, 0.3) is 0 Å². The number of morpholine rings is 1. The molecule has 4 aliphatic rings. The van der Waals surface area contributed by atoms with E-state index in [2.05, 4.69) is 37.0 Å². The van der Waals surface area contributed by atoms with Crippen molar-refractivity contribution < 1.29 is 27.9 Å². The minimum atomic E-state index is -0.645. The molecule has 7 rings (SSSR count). The zero-order valence-corrected chi connectivity index (χ0v) is 24.9. The number of hydrogen-bond acceptors (Lipinski definition) is 10. The summed E-state index contributed by atoms with van der Waals surface area (Å²) in [5, 5.41) is 7.75. The van der Waals surface area contributed by atoms with Crippen molar-refractivity contribution in [3.8, 4) is 5.75 Å². The van der Waals surface area contributed by atoms with Gasteiger partial charge in [-0.25, -0.2) is 23.8 Å². The number of likely N-dealkylation sites (tertiary alicyclic amines) is 1. The lowest BCUT2D eigenvalue weighted by Gasteiger charge is -2.58. The van der Waals surface area contributed by atoms with Crippen LogP contribution in [0.15, 0.2) is 55.4 Å². The fourth-order valence-corrected chi connectivity index (χ4v) is 6.67. The zero-order valence-electron chi connectivity index (χ0n) is 24.9. The Labute approximate surface area is 259 Å². The van der Waals surface area contributed by atoms with Crippen molar-refractivity contribution in [1.29, 1.82) is 0 Å².